The molecule has 37 heavy (non-hydrogen) atoms. The number of unbranched alkanes of at least 4 members (excludes halogenated alkanes) is 1. The molecule has 0 bridgehead atoms. The Morgan fingerprint density at radius 3 is 1.78 bits per heavy atom. The third-order valence-corrected chi connectivity index (χ3v) is 6.39. The summed E-state index contributed by atoms with van der Waals surface area (Å²) < 4.78 is 12.1. The first-order valence-corrected chi connectivity index (χ1v) is 12.8. The predicted octanol–water partition coefficient (Wildman–Crippen LogP) is 8.42. The van der Waals surface area contributed by atoms with Crippen LogP contribution < -0.4 is 9.47 Å². The van der Waals surface area contributed by atoms with Crippen LogP contribution in [0.2, 0.25) is 0 Å². The predicted molar refractivity (Wildman–Crippen MR) is 152 cm³/mol. The van der Waals surface area contributed by atoms with Gasteiger partial charge in [-0.3, -0.25) is 0 Å². The maximum Gasteiger partial charge on any atom is 0.127 e. The number of allylic oxidation sites excluding steroid dienone is 2. The number of ether oxygens (including phenoxy) is 2. The molecule has 0 aliphatic heterocycles. The van der Waals surface area contributed by atoms with Crippen molar-refractivity contribution in [3.63, 3.8) is 0 Å². The Hall–Kier alpha value is -4.28. The molecule has 0 radical (unpaired) electrons. The van der Waals surface area contributed by atoms with Crippen LogP contribution in [0.1, 0.15) is 61.8 Å². The molecule has 3 rings (SSSR count). The Bertz CT molecular complexity index is 1300. The third-order valence-electron chi connectivity index (χ3n) is 6.39. The second-order valence-corrected chi connectivity index (χ2v) is 8.93. The van der Waals surface area contributed by atoms with Crippen LogP contribution in [0.5, 0.6) is 11.5 Å². The zero-order valence-electron chi connectivity index (χ0n) is 21.9. The van der Waals surface area contributed by atoms with Gasteiger partial charge in [0.1, 0.15) is 11.5 Å². The topological polar surface area (TPSA) is 66.0 Å². The van der Waals surface area contributed by atoms with Gasteiger partial charge in [0.25, 0.3) is 0 Å². The molecule has 3 aromatic carbocycles. The zero-order valence-corrected chi connectivity index (χ0v) is 21.9. The molecule has 0 aromatic heterocycles. The van der Waals surface area contributed by atoms with Gasteiger partial charge in [0.15, 0.2) is 0 Å². The molecule has 4 nitrogen and oxygen atoms in total. The van der Waals surface area contributed by atoms with E-state index in [9.17, 15) is 10.5 Å². The van der Waals surface area contributed by atoms with Crippen LogP contribution in [0, 0.1) is 28.6 Å². The molecular weight excluding hydrogens is 456 g/mol. The monoisotopic (exact) mass is 490 g/mol. The van der Waals surface area contributed by atoms with E-state index in [-0.39, 0.29) is 0 Å². The maximum atomic E-state index is 9.91. The van der Waals surface area contributed by atoms with Gasteiger partial charge in [-0.25, -0.2) is 0 Å². The van der Waals surface area contributed by atoms with Crippen molar-refractivity contribution in [3.8, 4) is 23.6 Å². The number of hydrogen-bond acceptors (Lipinski definition) is 4. The van der Waals surface area contributed by atoms with Crippen LogP contribution in [0.3, 0.4) is 0 Å². The summed E-state index contributed by atoms with van der Waals surface area (Å²) >= 11 is 0. The molecule has 0 saturated heterocycles. The van der Waals surface area contributed by atoms with E-state index in [4.69, 9.17) is 9.47 Å². The van der Waals surface area contributed by atoms with Gasteiger partial charge in [0.2, 0.25) is 0 Å². The highest BCUT2D eigenvalue weighted by atomic mass is 16.5. The molecule has 0 fully saturated rings. The maximum absolute atomic E-state index is 9.91. The van der Waals surface area contributed by atoms with Crippen LogP contribution in [0.15, 0.2) is 72.8 Å². The SMILES string of the molecule is CCCCC(CC)COc1cc(/C=C(/C#N)c2ccccc2)c(OC)cc1/C=C(\C#N)c1ccccc1. The molecule has 0 saturated carbocycles. The van der Waals surface area contributed by atoms with Crippen molar-refractivity contribution in [2.75, 3.05) is 13.7 Å². The van der Waals surface area contributed by atoms with Crippen molar-refractivity contribution in [1.29, 1.82) is 10.5 Å². The molecule has 1 unspecified atom stereocenters. The Balaban J connectivity index is 2.11. The van der Waals surface area contributed by atoms with Crippen LogP contribution in [-0.2, 0) is 0 Å². The number of nitrogens with zero attached hydrogens (tertiary/aromatic N) is 2. The Kier molecular flexibility index (Phi) is 10.6. The lowest BCUT2D eigenvalue weighted by Crippen LogP contribution is -2.12. The molecule has 188 valence electrons. The van der Waals surface area contributed by atoms with Crippen molar-refractivity contribution < 1.29 is 9.47 Å². The summed E-state index contributed by atoms with van der Waals surface area (Å²) in [6, 6.07) is 27.6. The van der Waals surface area contributed by atoms with E-state index in [1.54, 1.807) is 7.11 Å². The first-order valence-electron chi connectivity index (χ1n) is 12.8. The van der Waals surface area contributed by atoms with Gasteiger partial charge in [0, 0.05) is 11.1 Å². The van der Waals surface area contributed by atoms with Crippen LogP contribution in [0.25, 0.3) is 23.3 Å². The van der Waals surface area contributed by atoms with Crippen LogP contribution >= 0.6 is 0 Å². The molecule has 0 heterocycles. The van der Waals surface area contributed by atoms with Crippen LogP contribution in [-0.4, -0.2) is 13.7 Å². The van der Waals surface area contributed by atoms with Gasteiger partial charge in [-0.2, -0.15) is 10.5 Å². The zero-order chi connectivity index (χ0) is 26.5. The third kappa shape index (κ3) is 7.60. The Morgan fingerprint density at radius 2 is 1.32 bits per heavy atom. The average Bonchev–Trinajstić information content (AvgIpc) is 2.96. The minimum absolute atomic E-state index is 0.446. The number of rotatable bonds is 12. The standard InChI is InChI=1S/C33H34N2O2/c1-4-6-13-25(5-2)24-37-33-21-28(18-30(22-34)26-14-9-7-10-15-26)32(36-3)20-29(33)19-31(23-35)27-16-11-8-12-17-27/h7-12,14-21,25H,4-6,13,24H2,1-3H3/b30-18-,31-19+. The lowest BCUT2D eigenvalue weighted by atomic mass is 9.99. The summed E-state index contributed by atoms with van der Waals surface area (Å²) in [5, 5.41) is 19.8. The van der Waals surface area contributed by atoms with E-state index in [1.807, 2.05) is 84.9 Å². The molecule has 1 atom stereocenters. The van der Waals surface area contributed by atoms with Gasteiger partial charge in [-0.1, -0.05) is 93.8 Å². The van der Waals surface area contributed by atoms with Crippen molar-refractivity contribution >= 4 is 23.3 Å². The highest BCUT2D eigenvalue weighted by Crippen LogP contribution is 2.35. The summed E-state index contributed by atoms with van der Waals surface area (Å²) in [6.45, 7) is 4.98. The quantitative estimate of drug-likeness (QED) is 0.189. The van der Waals surface area contributed by atoms with Gasteiger partial charge in [0.05, 0.1) is 37.0 Å². The van der Waals surface area contributed by atoms with Gasteiger partial charge in [-0.15, -0.1) is 0 Å². The van der Waals surface area contributed by atoms with E-state index in [1.165, 1.54) is 6.42 Å². The highest BCUT2D eigenvalue weighted by Gasteiger charge is 2.15. The Labute approximate surface area is 221 Å². The highest BCUT2D eigenvalue weighted by molar-refractivity contribution is 5.93. The number of benzene rings is 3. The number of nitriles is 2. The molecule has 0 amide bonds. The lowest BCUT2D eigenvalue weighted by Gasteiger charge is -2.18. The van der Waals surface area contributed by atoms with Gasteiger partial charge >= 0.3 is 0 Å². The average molecular weight is 491 g/mol. The first kappa shape index (κ1) is 27.3. The number of methoxy groups -OCH3 is 1. The first-order chi connectivity index (χ1) is 18.1. The Morgan fingerprint density at radius 1 is 0.811 bits per heavy atom. The fourth-order valence-corrected chi connectivity index (χ4v) is 4.13. The lowest BCUT2D eigenvalue weighted by molar-refractivity contribution is 0.232. The fourth-order valence-electron chi connectivity index (χ4n) is 4.13. The van der Waals surface area contributed by atoms with E-state index in [0.29, 0.717) is 35.2 Å². The van der Waals surface area contributed by atoms with Gasteiger partial charge in [-0.05, 0) is 47.8 Å². The second kappa shape index (κ2) is 14.3. The normalized spacial score (nSPS) is 12.4. The molecule has 0 aliphatic carbocycles. The summed E-state index contributed by atoms with van der Waals surface area (Å²) in [5.74, 6) is 1.71. The molecule has 0 spiro atoms. The van der Waals surface area contributed by atoms with Crippen molar-refractivity contribution in [2.24, 2.45) is 5.92 Å². The summed E-state index contributed by atoms with van der Waals surface area (Å²) in [5.41, 5.74) is 4.25. The second-order valence-electron chi connectivity index (χ2n) is 8.93. The van der Waals surface area contributed by atoms with E-state index < -0.39 is 0 Å². The molecular formula is C33H34N2O2. The van der Waals surface area contributed by atoms with Crippen molar-refractivity contribution in [2.45, 2.75) is 39.5 Å². The van der Waals surface area contributed by atoms with Crippen molar-refractivity contribution in [1.82, 2.24) is 0 Å². The van der Waals surface area contributed by atoms with Crippen LogP contribution in [0.4, 0.5) is 0 Å². The smallest absolute Gasteiger partial charge is 0.127 e. The largest absolute Gasteiger partial charge is 0.496 e. The minimum Gasteiger partial charge on any atom is -0.496 e. The molecule has 0 N–H and O–H groups in total. The van der Waals surface area contributed by atoms with E-state index in [2.05, 4.69) is 26.0 Å². The summed E-state index contributed by atoms with van der Waals surface area (Å²) in [4.78, 5) is 0. The van der Waals surface area contributed by atoms with Crippen molar-refractivity contribution in [3.05, 3.63) is 95.1 Å². The fraction of sp³-hybridized carbons (Fsp3) is 0.273. The van der Waals surface area contributed by atoms with E-state index >= 15 is 0 Å². The number of hydrogen-bond donors (Lipinski definition) is 0. The van der Waals surface area contributed by atoms with E-state index in [0.717, 1.165) is 41.5 Å². The summed E-state index contributed by atoms with van der Waals surface area (Å²) in [6.07, 6.45) is 8.14. The molecule has 0 aliphatic rings. The minimum atomic E-state index is 0.446. The van der Waals surface area contributed by atoms with Gasteiger partial charge < -0.3 is 9.47 Å². The molecule has 3 aromatic rings. The summed E-state index contributed by atoms with van der Waals surface area (Å²) in [7, 11) is 1.61. The molecule has 4 heteroatoms.